The number of hydrogen-bond donors (Lipinski definition) is 4. The highest BCUT2D eigenvalue weighted by molar-refractivity contribution is 7.93. The molecule has 9 nitrogen and oxygen atoms in total. The zero-order chi connectivity index (χ0) is 24.9. The van der Waals surface area contributed by atoms with Crippen LogP contribution in [0.1, 0.15) is 51.0 Å². The minimum atomic E-state index is -4.22. The Balaban J connectivity index is 1.85. The highest BCUT2D eigenvalue weighted by atomic mass is 32.2. The zero-order valence-electron chi connectivity index (χ0n) is 19.1. The van der Waals surface area contributed by atoms with Crippen LogP contribution in [0.5, 0.6) is 0 Å². The molecule has 0 radical (unpaired) electrons. The van der Waals surface area contributed by atoms with E-state index in [-0.39, 0.29) is 18.5 Å². The van der Waals surface area contributed by atoms with Crippen LogP contribution in [-0.4, -0.2) is 66.2 Å². The average molecular weight is 502 g/mol. The van der Waals surface area contributed by atoms with Crippen LogP contribution in [0, 0.1) is 5.82 Å². The van der Waals surface area contributed by atoms with Crippen molar-refractivity contribution < 1.29 is 42.4 Å². The smallest absolute Gasteiger partial charge is 0.332 e. The topological polar surface area (TPSA) is 142 Å². The number of aliphatic hydroxyl groups is 2. The van der Waals surface area contributed by atoms with Crippen LogP contribution in [0.3, 0.4) is 0 Å². The summed E-state index contributed by atoms with van der Waals surface area (Å²) in [5.41, 5.74) is 0.296. The van der Waals surface area contributed by atoms with Crippen LogP contribution in [0.15, 0.2) is 29.8 Å². The van der Waals surface area contributed by atoms with Gasteiger partial charge in [-0.25, -0.2) is 17.6 Å². The Morgan fingerprint density at radius 3 is 2.44 bits per heavy atom. The van der Waals surface area contributed by atoms with Gasteiger partial charge < -0.3 is 24.8 Å². The minimum Gasteiger partial charge on any atom is -0.478 e. The summed E-state index contributed by atoms with van der Waals surface area (Å²) in [7, 11) is -4.22. The normalized spacial score (nSPS) is 24.2. The van der Waals surface area contributed by atoms with Gasteiger partial charge in [0.05, 0.1) is 24.5 Å². The summed E-state index contributed by atoms with van der Waals surface area (Å²) in [6.45, 7) is 1.18. The lowest BCUT2D eigenvalue weighted by Crippen LogP contribution is -2.42. The highest BCUT2D eigenvalue weighted by Gasteiger charge is 2.51. The van der Waals surface area contributed by atoms with Crippen LogP contribution in [0.25, 0.3) is 0 Å². The van der Waals surface area contributed by atoms with Crippen molar-refractivity contribution in [2.24, 2.45) is 0 Å². The number of aliphatic carboxylic acids is 1. The molecule has 4 N–H and O–H groups in total. The second kappa shape index (κ2) is 11.1. The number of anilines is 1. The van der Waals surface area contributed by atoms with Gasteiger partial charge in [0, 0.05) is 6.42 Å². The van der Waals surface area contributed by atoms with Crippen molar-refractivity contribution in [2.45, 2.75) is 75.1 Å². The number of hydrogen-bond acceptors (Lipinski definition) is 7. The first kappa shape index (κ1) is 26.6. The molecule has 1 aliphatic carbocycles. The molecule has 2 aliphatic rings. The molecule has 190 valence electrons. The van der Waals surface area contributed by atoms with E-state index in [2.05, 4.69) is 11.6 Å². The molecule has 1 saturated heterocycles. The van der Waals surface area contributed by atoms with Crippen molar-refractivity contribution >= 4 is 21.7 Å². The fourth-order valence-electron chi connectivity index (χ4n) is 4.43. The zero-order valence-corrected chi connectivity index (χ0v) is 19.9. The fourth-order valence-corrected chi connectivity index (χ4v) is 6.01. The van der Waals surface area contributed by atoms with E-state index in [0.717, 1.165) is 37.8 Å². The van der Waals surface area contributed by atoms with E-state index in [0.29, 0.717) is 12.0 Å². The molecule has 1 heterocycles. The van der Waals surface area contributed by atoms with Gasteiger partial charge in [0.2, 0.25) is 10.0 Å². The van der Waals surface area contributed by atoms with Crippen molar-refractivity contribution in [3.8, 4) is 0 Å². The molecule has 1 unspecified atom stereocenters. The Kier molecular flexibility index (Phi) is 8.69. The number of aliphatic hydroxyl groups excluding tert-OH is 2. The number of sulfonamides is 1. The standard InChI is InChI=1S/C23H32FNO8S/c1-2-3-4-5-6-15-11-16(24)7-8-18(15)25-34(30,31)21-9-10-23(12-17(21)22(28)29)32-19(13-26)20(14-27)33-23/h7-8,11-12,19-21,25-27H,2-6,9-10,13-14H2,1H3,(H,28,29)/t19-,20-,21?/m1/s1. The van der Waals surface area contributed by atoms with Crippen molar-refractivity contribution in [3.63, 3.8) is 0 Å². The molecule has 0 aromatic heterocycles. The molecule has 11 heteroatoms. The van der Waals surface area contributed by atoms with Crippen LogP contribution >= 0.6 is 0 Å². The summed E-state index contributed by atoms with van der Waals surface area (Å²) in [5, 5.41) is 27.3. The maximum Gasteiger partial charge on any atom is 0.332 e. The summed E-state index contributed by atoms with van der Waals surface area (Å²) in [5.74, 6) is -3.47. The van der Waals surface area contributed by atoms with Gasteiger partial charge in [-0.15, -0.1) is 0 Å². The maximum atomic E-state index is 13.8. The first-order chi connectivity index (χ1) is 16.1. The quantitative estimate of drug-likeness (QED) is 0.339. The van der Waals surface area contributed by atoms with Crippen LogP contribution in [0.4, 0.5) is 10.1 Å². The van der Waals surface area contributed by atoms with E-state index >= 15 is 0 Å². The lowest BCUT2D eigenvalue weighted by Gasteiger charge is -2.33. The molecule has 1 aromatic carbocycles. The molecule has 1 aliphatic heterocycles. The number of aryl methyl sites for hydroxylation is 1. The lowest BCUT2D eigenvalue weighted by atomic mass is 9.94. The van der Waals surface area contributed by atoms with E-state index in [4.69, 9.17) is 9.47 Å². The van der Waals surface area contributed by atoms with Gasteiger partial charge in [0.15, 0.2) is 5.79 Å². The van der Waals surface area contributed by atoms with Crippen LogP contribution in [-0.2, 0) is 30.7 Å². The molecule has 0 amide bonds. The van der Waals surface area contributed by atoms with E-state index in [1.165, 1.54) is 12.1 Å². The van der Waals surface area contributed by atoms with Gasteiger partial charge in [-0.1, -0.05) is 26.2 Å². The van der Waals surface area contributed by atoms with E-state index in [1.807, 2.05) is 0 Å². The summed E-state index contributed by atoms with van der Waals surface area (Å²) in [6, 6.07) is 3.79. The Morgan fingerprint density at radius 1 is 1.18 bits per heavy atom. The second-order valence-electron chi connectivity index (χ2n) is 8.68. The molecule has 0 saturated carbocycles. The predicted octanol–water partition coefficient (Wildman–Crippen LogP) is 2.33. The third-order valence-corrected chi connectivity index (χ3v) is 7.94. The summed E-state index contributed by atoms with van der Waals surface area (Å²) in [4.78, 5) is 12.0. The Morgan fingerprint density at radius 2 is 1.85 bits per heavy atom. The molecule has 0 bridgehead atoms. The van der Waals surface area contributed by atoms with Crippen molar-refractivity contribution in [1.82, 2.24) is 0 Å². The van der Waals surface area contributed by atoms with Gasteiger partial charge >= 0.3 is 5.97 Å². The number of nitrogens with one attached hydrogen (secondary N) is 1. The maximum absolute atomic E-state index is 13.8. The van der Waals surface area contributed by atoms with Gasteiger partial charge in [0.1, 0.15) is 23.3 Å². The van der Waals surface area contributed by atoms with E-state index in [9.17, 15) is 32.9 Å². The number of carboxylic acid groups (broad SMARTS) is 1. The average Bonchev–Trinajstić information content (AvgIpc) is 3.15. The minimum absolute atomic E-state index is 0.00957. The third kappa shape index (κ3) is 5.95. The fraction of sp³-hybridized carbons (Fsp3) is 0.609. The molecular formula is C23H32FNO8S. The number of benzene rings is 1. The summed E-state index contributed by atoms with van der Waals surface area (Å²) in [6.07, 6.45) is 3.49. The first-order valence-electron chi connectivity index (χ1n) is 11.5. The summed E-state index contributed by atoms with van der Waals surface area (Å²) >= 11 is 0. The highest BCUT2D eigenvalue weighted by Crippen LogP contribution is 2.41. The molecule has 1 fully saturated rings. The van der Waals surface area contributed by atoms with E-state index in [1.54, 1.807) is 0 Å². The van der Waals surface area contributed by atoms with Gasteiger partial charge in [0.25, 0.3) is 0 Å². The van der Waals surface area contributed by atoms with Crippen molar-refractivity contribution in [3.05, 3.63) is 41.2 Å². The van der Waals surface area contributed by atoms with Crippen LogP contribution < -0.4 is 4.72 Å². The largest absolute Gasteiger partial charge is 0.478 e. The third-order valence-electron chi connectivity index (χ3n) is 6.19. The first-order valence-corrected chi connectivity index (χ1v) is 13.0. The molecule has 3 rings (SSSR count). The van der Waals surface area contributed by atoms with Crippen molar-refractivity contribution in [1.29, 1.82) is 0 Å². The number of rotatable bonds is 11. The second-order valence-corrected chi connectivity index (χ2v) is 10.5. The van der Waals surface area contributed by atoms with Crippen LogP contribution in [0.2, 0.25) is 0 Å². The molecule has 1 aromatic rings. The number of halogens is 1. The Labute approximate surface area is 198 Å². The predicted molar refractivity (Wildman–Crippen MR) is 122 cm³/mol. The number of unbranched alkanes of at least 4 members (excludes halogenated alkanes) is 3. The van der Waals surface area contributed by atoms with Crippen molar-refractivity contribution in [2.75, 3.05) is 17.9 Å². The molecular weight excluding hydrogens is 469 g/mol. The van der Waals surface area contributed by atoms with Gasteiger partial charge in [-0.2, -0.15) is 0 Å². The molecule has 34 heavy (non-hydrogen) atoms. The monoisotopic (exact) mass is 501 g/mol. The molecule has 1 spiro atoms. The van der Waals surface area contributed by atoms with Gasteiger partial charge in [-0.3, -0.25) is 4.72 Å². The number of carboxylic acids is 1. The Bertz CT molecular complexity index is 1000. The Hall–Kier alpha value is -2.05. The lowest BCUT2D eigenvalue weighted by molar-refractivity contribution is -0.153. The number of carbonyl (C=O) groups is 1. The van der Waals surface area contributed by atoms with E-state index < -0.39 is 63.8 Å². The number of ether oxygens (including phenoxy) is 2. The molecule has 3 atom stereocenters. The summed E-state index contributed by atoms with van der Waals surface area (Å²) < 4.78 is 54.2. The SMILES string of the molecule is CCCCCCc1cc(F)ccc1NS(=O)(=O)C1CCC2(C=C1C(=O)O)O[C@H](CO)[C@@H](CO)O2. The van der Waals surface area contributed by atoms with Gasteiger partial charge in [-0.05, 0) is 49.1 Å².